The van der Waals surface area contributed by atoms with Crippen LogP contribution in [0.3, 0.4) is 0 Å². The quantitative estimate of drug-likeness (QED) is 0.826. The van der Waals surface area contributed by atoms with Gasteiger partial charge in [-0.25, -0.2) is 0 Å². The zero-order chi connectivity index (χ0) is 13.7. The molecule has 1 aliphatic carbocycles. The molecule has 0 unspecified atom stereocenters. The van der Waals surface area contributed by atoms with Crippen molar-refractivity contribution in [2.45, 2.75) is 32.8 Å². The lowest BCUT2D eigenvalue weighted by Gasteiger charge is -2.39. The Hall–Kier alpha value is -1.39. The average Bonchev–Trinajstić information content (AvgIpc) is 2.37. The van der Waals surface area contributed by atoms with Gasteiger partial charge in [0.1, 0.15) is 0 Å². The Balaban J connectivity index is 2.08. The minimum absolute atomic E-state index is 0.0465. The molecule has 1 aromatic carbocycles. The first kappa shape index (κ1) is 14.0. The molecule has 0 saturated heterocycles. The van der Waals surface area contributed by atoms with E-state index in [1.54, 1.807) is 0 Å². The first-order valence-corrected chi connectivity index (χ1v) is 6.89. The average molecular weight is 262 g/mol. The summed E-state index contributed by atoms with van der Waals surface area (Å²) < 4.78 is 5.42. The predicted octanol–water partition coefficient (Wildman–Crippen LogP) is 2.29. The molecule has 19 heavy (non-hydrogen) atoms. The fourth-order valence-electron chi connectivity index (χ4n) is 2.36. The summed E-state index contributed by atoms with van der Waals surface area (Å²) in [6, 6.07) is 7.75. The van der Waals surface area contributed by atoms with Crippen molar-refractivity contribution in [3.63, 3.8) is 0 Å². The lowest BCUT2D eigenvalue weighted by Crippen LogP contribution is -2.47. The van der Waals surface area contributed by atoms with Gasteiger partial charge in [0, 0.05) is 24.4 Å². The molecule has 104 valence electrons. The van der Waals surface area contributed by atoms with E-state index in [9.17, 15) is 4.79 Å². The highest BCUT2D eigenvalue weighted by atomic mass is 16.5. The molecule has 0 aromatic heterocycles. The van der Waals surface area contributed by atoms with Crippen molar-refractivity contribution in [1.82, 2.24) is 0 Å². The predicted molar refractivity (Wildman–Crippen MR) is 75.7 cm³/mol. The Morgan fingerprint density at radius 2 is 2.16 bits per heavy atom. The van der Waals surface area contributed by atoms with E-state index >= 15 is 0 Å². The molecule has 0 spiro atoms. The van der Waals surface area contributed by atoms with Crippen LogP contribution in [0.25, 0.3) is 0 Å². The SMILES string of the molecule is CCOCc1ccccc1NC(=O)C1(CN)CCC1. The van der Waals surface area contributed by atoms with E-state index in [1.165, 1.54) is 0 Å². The second-order valence-corrected chi connectivity index (χ2v) is 5.09. The molecule has 2 rings (SSSR count). The summed E-state index contributed by atoms with van der Waals surface area (Å²) in [5.74, 6) is 0.0465. The maximum absolute atomic E-state index is 12.3. The molecule has 1 aliphatic rings. The van der Waals surface area contributed by atoms with E-state index in [0.717, 1.165) is 30.5 Å². The number of nitrogens with two attached hydrogens (primary N) is 1. The molecule has 0 radical (unpaired) electrons. The van der Waals surface area contributed by atoms with Gasteiger partial charge in [-0.3, -0.25) is 4.79 Å². The second-order valence-electron chi connectivity index (χ2n) is 5.09. The first-order chi connectivity index (χ1) is 9.22. The van der Waals surface area contributed by atoms with Gasteiger partial charge < -0.3 is 15.8 Å². The topological polar surface area (TPSA) is 64.3 Å². The number of anilines is 1. The Labute approximate surface area is 114 Å². The molecule has 0 bridgehead atoms. The van der Waals surface area contributed by atoms with Crippen molar-refractivity contribution >= 4 is 11.6 Å². The summed E-state index contributed by atoms with van der Waals surface area (Å²) in [7, 11) is 0. The molecule has 1 saturated carbocycles. The Bertz CT molecular complexity index is 436. The number of hydrogen-bond donors (Lipinski definition) is 2. The van der Waals surface area contributed by atoms with Crippen LogP contribution < -0.4 is 11.1 Å². The molecule has 0 atom stereocenters. The number of benzene rings is 1. The third-order valence-electron chi connectivity index (χ3n) is 3.91. The number of carbonyl (C=O) groups is 1. The molecule has 1 amide bonds. The number of para-hydroxylation sites is 1. The Morgan fingerprint density at radius 3 is 2.74 bits per heavy atom. The van der Waals surface area contributed by atoms with Crippen LogP contribution in [-0.4, -0.2) is 19.1 Å². The second kappa shape index (κ2) is 6.17. The lowest BCUT2D eigenvalue weighted by molar-refractivity contribution is -0.129. The number of nitrogens with one attached hydrogen (secondary N) is 1. The normalized spacial score (nSPS) is 16.7. The van der Waals surface area contributed by atoms with Crippen molar-refractivity contribution in [3.05, 3.63) is 29.8 Å². The zero-order valence-corrected chi connectivity index (χ0v) is 11.4. The van der Waals surface area contributed by atoms with Crippen LogP contribution in [0.5, 0.6) is 0 Å². The molecule has 1 fully saturated rings. The fourth-order valence-corrected chi connectivity index (χ4v) is 2.36. The molecular formula is C15H22N2O2. The van der Waals surface area contributed by atoms with E-state index in [0.29, 0.717) is 19.8 Å². The maximum Gasteiger partial charge on any atom is 0.231 e. The van der Waals surface area contributed by atoms with Gasteiger partial charge in [-0.05, 0) is 25.8 Å². The van der Waals surface area contributed by atoms with E-state index in [4.69, 9.17) is 10.5 Å². The van der Waals surface area contributed by atoms with Crippen molar-refractivity contribution < 1.29 is 9.53 Å². The number of ether oxygens (including phenoxy) is 1. The molecule has 0 heterocycles. The first-order valence-electron chi connectivity index (χ1n) is 6.89. The summed E-state index contributed by atoms with van der Waals surface area (Å²) >= 11 is 0. The summed E-state index contributed by atoms with van der Waals surface area (Å²) in [6.07, 6.45) is 2.87. The molecule has 3 N–H and O–H groups in total. The van der Waals surface area contributed by atoms with Gasteiger partial charge in [0.15, 0.2) is 0 Å². The smallest absolute Gasteiger partial charge is 0.231 e. The van der Waals surface area contributed by atoms with Gasteiger partial charge in [0.2, 0.25) is 5.91 Å². The Kier molecular flexibility index (Phi) is 4.56. The van der Waals surface area contributed by atoms with Crippen LogP contribution in [-0.2, 0) is 16.1 Å². The third kappa shape index (κ3) is 2.96. The van der Waals surface area contributed by atoms with Gasteiger partial charge in [0.05, 0.1) is 12.0 Å². The van der Waals surface area contributed by atoms with Gasteiger partial charge in [-0.2, -0.15) is 0 Å². The number of carbonyl (C=O) groups excluding carboxylic acids is 1. The van der Waals surface area contributed by atoms with Crippen molar-refractivity contribution in [2.75, 3.05) is 18.5 Å². The van der Waals surface area contributed by atoms with Crippen molar-refractivity contribution in [2.24, 2.45) is 11.1 Å². The van der Waals surface area contributed by atoms with Crippen LogP contribution in [0.2, 0.25) is 0 Å². The molecule has 4 heteroatoms. The fraction of sp³-hybridized carbons (Fsp3) is 0.533. The minimum atomic E-state index is -0.348. The summed E-state index contributed by atoms with van der Waals surface area (Å²) in [5, 5.41) is 3.01. The monoisotopic (exact) mass is 262 g/mol. The van der Waals surface area contributed by atoms with Gasteiger partial charge in [-0.1, -0.05) is 24.6 Å². The van der Waals surface area contributed by atoms with Crippen LogP contribution in [0.15, 0.2) is 24.3 Å². The summed E-state index contributed by atoms with van der Waals surface area (Å²) in [4.78, 5) is 12.3. The maximum atomic E-state index is 12.3. The van der Waals surface area contributed by atoms with Gasteiger partial charge in [0.25, 0.3) is 0 Å². The lowest BCUT2D eigenvalue weighted by atomic mass is 9.68. The number of hydrogen-bond acceptors (Lipinski definition) is 3. The van der Waals surface area contributed by atoms with Crippen LogP contribution >= 0.6 is 0 Å². The number of amides is 1. The molecule has 4 nitrogen and oxygen atoms in total. The van der Waals surface area contributed by atoms with Crippen LogP contribution in [0.4, 0.5) is 5.69 Å². The highest BCUT2D eigenvalue weighted by molar-refractivity contribution is 5.96. The Morgan fingerprint density at radius 1 is 1.42 bits per heavy atom. The van der Waals surface area contributed by atoms with E-state index in [-0.39, 0.29) is 11.3 Å². The van der Waals surface area contributed by atoms with Crippen molar-refractivity contribution in [3.8, 4) is 0 Å². The minimum Gasteiger partial charge on any atom is -0.377 e. The molecule has 1 aromatic rings. The van der Waals surface area contributed by atoms with Gasteiger partial charge >= 0.3 is 0 Å². The number of rotatable bonds is 6. The molecular weight excluding hydrogens is 240 g/mol. The summed E-state index contributed by atoms with van der Waals surface area (Å²) in [5.41, 5.74) is 7.25. The molecule has 0 aliphatic heterocycles. The highest BCUT2D eigenvalue weighted by Gasteiger charge is 2.42. The zero-order valence-electron chi connectivity index (χ0n) is 11.4. The van der Waals surface area contributed by atoms with Gasteiger partial charge in [-0.15, -0.1) is 0 Å². The van der Waals surface area contributed by atoms with Crippen LogP contribution in [0, 0.1) is 5.41 Å². The van der Waals surface area contributed by atoms with Crippen LogP contribution in [0.1, 0.15) is 31.7 Å². The summed E-state index contributed by atoms with van der Waals surface area (Å²) in [6.45, 7) is 3.56. The highest BCUT2D eigenvalue weighted by Crippen LogP contribution is 2.41. The van der Waals surface area contributed by atoms with E-state index in [2.05, 4.69) is 5.32 Å². The largest absolute Gasteiger partial charge is 0.377 e. The third-order valence-corrected chi connectivity index (χ3v) is 3.91. The van der Waals surface area contributed by atoms with E-state index < -0.39 is 0 Å². The van der Waals surface area contributed by atoms with E-state index in [1.807, 2.05) is 31.2 Å². The standard InChI is InChI=1S/C15H22N2O2/c1-2-19-10-12-6-3-4-7-13(12)17-14(18)15(11-16)8-5-9-15/h3-4,6-7H,2,5,8-11,16H2,1H3,(H,17,18). The van der Waals surface area contributed by atoms with Crippen molar-refractivity contribution in [1.29, 1.82) is 0 Å².